The van der Waals surface area contributed by atoms with Crippen molar-refractivity contribution in [2.24, 2.45) is 4.99 Å². The van der Waals surface area contributed by atoms with Crippen molar-refractivity contribution in [1.82, 2.24) is 0 Å². The van der Waals surface area contributed by atoms with Crippen LogP contribution in [0.3, 0.4) is 0 Å². The molecule has 0 saturated carbocycles. The maximum absolute atomic E-state index is 4.55. The molecule has 0 aliphatic rings. The molecule has 0 aromatic heterocycles. The average molecular weight is 317 g/mol. The van der Waals surface area contributed by atoms with E-state index in [1.807, 2.05) is 30.3 Å². The number of aliphatic imine (C=N–C) groups is 1. The zero-order valence-electron chi connectivity index (χ0n) is 13.0. The van der Waals surface area contributed by atoms with E-state index < -0.39 is 0 Å². The molecule has 0 unspecified atom stereocenters. The van der Waals surface area contributed by atoms with Crippen LogP contribution in [-0.2, 0) is 0 Å². The number of hydrogen-bond acceptors (Lipinski definition) is 1. The van der Waals surface area contributed by atoms with Crippen LogP contribution in [0.1, 0.15) is 6.42 Å². The fourth-order valence-electron chi connectivity index (χ4n) is 2.49. The first kappa shape index (κ1) is 15.6. The van der Waals surface area contributed by atoms with Crippen molar-refractivity contribution >= 4 is 30.4 Å². The van der Waals surface area contributed by atoms with Crippen LogP contribution in [0.15, 0.2) is 96.0 Å². The molecule has 0 spiro atoms. The summed E-state index contributed by atoms with van der Waals surface area (Å²) in [7, 11) is -0.323. The Balaban J connectivity index is 1.71. The molecule has 0 atom stereocenters. The molecule has 0 aliphatic heterocycles. The Kier molecular flexibility index (Phi) is 5.72. The standard InChI is InChI=1S/C21H20NP/c1-4-11-19(12-5-1)22-17-10-18-23(20-13-6-2-7-14-20)21-15-8-3-9-16-21/h1-9,11-17H,10,18H2. The van der Waals surface area contributed by atoms with E-state index in [2.05, 4.69) is 71.9 Å². The summed E-state index contributed by atoms with van der Waals surface area (Å²) in [6.45, 7) is 0. The van der Waals surface area contributed by atoms with Crippen molar-refractivity contribution in [3.05, 3.63) is 91.0 Å². The van der Waals surface area contributed by atoms with Gasteiger partial charge in [-0.3, -0.25) is 4.99 Å². The van der Waals surface area contributed by atoms with Gasteiger partial charge in [0, 0.05) is 6.21 Å². The second-order valence-corrected chi connectivity index (χ2v) is 7.59. The van der Waals surface area contributed by atoms with Gasteiger partial charge in [-0.15, -0.1) is 0 Å². The van der Waals surface area contributed by atoms with E-state index in [0.29, 0.717) is 0 Å². The van der Waals surface area contributed by atoms with Crippen LogP contribution < -0.4 is 10.6 Å². The predicted molar refractivity (Wildman–Crippen MR) is 103 cm³/mol. The van der Waals surface area contributed by atoms with Gasteiger partial charge in [0.1, 0.15) is 0 Å². The summed E-state index contributed by atoms with van der Waals surface area (Å²) in [6.07, 6.45) is 4.17. The molecule has 0 fully saturated rings. The van der Waals surface area contributed by atoms with Gasteiger partial charge in [0.25, 0.3) is 0 Å². The molecule has 114 valence electrons. The Morgan fingerprint density at radius 2 is 1.13 bits per heavy atom. The van der Waals surface area contributed by atoms with Gasteiger partial charge >= 0.3 is 0 Å². The number of benzene rings is 3. The van der Waals surface area contributed by atoms with Crippen molar-refractivity contribution in [3.8, 4) is 0 Å². The highest BCUT2D eigenvalue weighted by Crippen LogP contribution is 2.33. The Labute approximate surface area is 139 Å². The molecule has 3 rings (SSSR count). The third kappa shape index (κ3) is 4.61. The minimum absolute atomic E-state index is 0.323. The predicted octanol–water partition coefficient (Wildman–Crippen LogP) is 4.91. The molecule has 0 bridgehead atoms. The first-order valence-electron chi connectivity index (χ1n) is 7.89. The highest BCUT2D eigenvalue weighted by molar-refractivity contribution is 7.73. The van der Waals surface area contributed by atoms with E-state index in [1.165, 1.54) is 10.6 Å². The molecule has 0 aliphatic carbocycles. The van der Waals surface area contributed by atoms with Crippen LogP contribution in [-0.4, -0.2) is 12.4 Å². The molecular weight excluding hydrogens is 297 g/mol. The third-order valence-corrected chi connectivity index (χ3v) is 6.16. The van der Waals surface area contributed by atoms with Crippen LogP contribution in [0.4, 0.5) is 5.69 Å². The highest BCUT2D eigenvalue weighted by Gasteiger charge is 2.12. The van der Waals surface area contributed by atoms with Crippen LogP contribution in [0.25, 0.3) is 0 Å². The zero-order valence-corrected chi connectivity index (χ0v) is 13.9. The smallest absolute Gasteiger partial charge is 0.0625 e. The van der Waals surface area contributed by atoms with Gasteiger partial charge in [-0.2, -0.15) is 0 Å². The van der Waals surface area contributed by atoms with Gasteiger partial charge in [0.2, 0.25) is 0 Å². The van der Waals surface area contributed by atoms with Gasteiger partial charge < -0.3 is 0 Å². The Morgan fingerprint density at radius 1 is 0.652 bits per heavy atom. The monoisotopic (exact) mass is 317 g/mol. The molecule has 0 heterocycles. The van der Waals surface area contributed by atoms with Gasteiger partial charge in [-0.25, -0.2) is 0 Å². The van der Waals surface area contributed by atoms with E-state index in [-0.39, 0.29) is 7.92 Å². The van der Waals surface area contributed by atoms with Crippen LogP contribution in [0, 0.1) is 0 Å². The minimum Gasteiger partial charge on any atom is -0.261 e. The lowest BCUT2D eigenvalue weighted by atomic mass is 10.3. The molecule has 0 radical (unpaired) electrons. The summed E-state index contributed by atoms with van der Waals surface area (Å²) in [5, 5.41) is 2.86. The fraction of sp³-hybridized carbons (Fsp3) is 0.0952. The molecular formula is C21H20NP. The molecule has 3 aromatic rings. The number of para-hydroxylation sites is 1. The topological polar surface area (TPSA) is 12.4 Å². The van der Waals surface area contributed by atoms with Gasteiger partial charge in [0.15, 0.2) is 0 Å². The van der Waals surface area contributed by atoms with E-state index in [9.17, 15) is 0 Å². The minimum atomic E-state index is -0.323. The first-order chi connectivity index (χ1) is 11.4. The van der Waals surface area contributed by atoms with Gasteiger partial charge in [-0.1, -0.05) is 78.9 Å². The average Bonchev–Trinajstić information content (AvgIpc) is 2.64. The summed E-state index contributed by atoms with van der Waals surface area (Å²) < 4.78 is 0. The van der Waals surface area contributed by atoms with E-state index >= 15 is 0 Å². The van der Waals surface area contributed by atoms with Crippen LogP contribution in [0.2, 0.25) is 0 Å². The first-order valence-corrected chi connectivity index (χ1v) is 9.41. The third-order valence-electron chi connectivity index (χ3n) is 3.61. The molecule has 3 aromatic carbocycles. The highest BCUT2D eigenvalue weighted by atomic mass is 31.1. The second-order valence-electron chi connectivity index (χ2n) is 5.26. The summed E-state index contributed by atoms with van der Waals surface area (Å²) in [5.41, 5.74) is 1.02. The molecule has 0 amide bonds. The summed E-state index contributed by atoms with van der Waals surface area (Å²) in [5.74, 6) is 0. The molecule has 1 nitrogen and oxygen atoms in total. The second kappa shape index (κ2) is 8.41. The Hall–Kier alpha value is -2.24. The van der Waals surface area contributed by atoms with Crippen molar-refractivity contribution < 1.29 is 0 Å². The fourth-order valence-corrected chi connectivity index (χ4v) is 4.75. The molecule has 0 saturated heterocycles. The van der Waals surface area contributed by atoms with E-state index in [1.54, 1.807) is 0 Å². The Morgan fingerprint density at radius 3 is 1.65 bits per heavy atom. The maximum Gasteiger partial charge on any atom is 0.0625 e. The largest absolute Gasteiger partial charge is 0.261 e. The van der Waals surface area contributed by atoms with Crippen molar-refractivity contribution in [2.75, 3.05) is 6.16 Å². The van der Waals surface area contributed by atoms with Crippen molar-refractivity contribution in [2.45, 2.75) is 6.42 Å². The van der Waals surface area contributed by atoms with Gasteiger partial charge in [-0.05, 0) is 43.2 Å². The van der Waals surface area contributed by atoms with Crippen molar-refractivity contribution in [1.29, 1.82) is 0 Å². The van der Waals surface area contributed by atoms with Crippen LogP contribution >= 0.6 is 7.92 Å². The van der Waals surface area contributed by atoms with Crippen molar-refractivity contribution in [3.63, 3.8) is 0 Å². The zero-order chi connectivity index (χ0) is 15.7. The summed E-state index contributed by atoms with van der Waals surface area (Å²) >= 11 is 0. The normalized spacial score (nSPS) is 11.2. The number of nitrogens with zero attached hydrogens (tertiary/aromatic N) is 1. The molecule has 23 heavy (non-hydrogen) atoms. The van der Waals surface area contributed by atoms with E-state index in [4.69, 9.17) is 0 Å². The van der Waals surface area contributed by atoms with Crippen LogP contribution in [0.5, 0.6) is 0 Å². The summed E-state index contributed by atoms with van der Waals surface area (Å²) in [4.78, 5) is 4.55. The number of rotatable bonds is 6. The van der Waals surface area contributed by atoms with Gasteiger partial charge in [0.05, 0.1) is 5.69 Å². The lowest BCUT2D eigenvalue weighted by Crippen LogP contribution is -2.13. The van der Waals surface area contributed by atoms with E-state index in [0.717, 1.165) is 18.3 Å². The molecule has 0 N–H and O–H groups in total. The molecule has 2 heteroatoms. The Bertz CT molecular complexity index is 684. The lowest BCUT2D eigenvalue weighted by molar-refractivity contribution is 1.32. The maximum atomic E-state index is 4.55. The number of hydrogen-bond donors (Lipinski definition) is 0. The SMILES string of the molecule is C(CCP(c1ccccc1)c1ccccc1)=Nc1ccccc1. The lowest BCUT2D eigenvalue weighted by Gasteiger charge is -2.17. The quantitative estimate of drug-likeness (QED) is 0.452. The summed E-state index contributed by atoms with van der Waals surface area (Å²) in [6, 6.07) is 31.8.